The van der Waals surface area contributed by atoms with Gasteiger partial charge < -0.3 is 10.3 Å². The average Bonchev–Trinajstić information content (AvgIpc) is 2.15. The Morgan fingerprint density at radius 1 is 1.90 bits per heavy atom. The highest BCUT2D eigenvalue weighted by atomic mass is 16.5. The van der Waals surface area contributed by atoms with E-state index in [0.717, 1.165) is 5.56 Å². The molecular weight excluding hydrogens is 132 g/mol. The molecule has 10 heavy (non-hydrogen) atoms. The second kappa shape index (κ2) is 2.51. The van der Waals surface area contributed by atoms with Crippen LogP contribution in [0.4, 0.5) is 0 Å². The van der Waals surface area contributed by atoms with Gasteiger partial charge in [-0.15, -0.1) is 0 Å². The summed E-state index contributed by atoms with van der Waals surface area (Å²) in [5.74, 6) is -0.392. The number of nitrogens with two attached hydrogens (primary N) is 1. The van der Waals surface area contributed by atoms with E-state index in [9.17, 15) is 4.79 Å². The third-order valence-corrected chi connectivity index (χ3v) is 1.19. The van der Waals surface area contributed by atoms with Crippen molar-refractivity contribution in [1.29, 1.82) is 0 Å². The number of hydrogen-bond acceptors (Lipinski definition) is 3. The minimum absolute atomic E-state index is 0.155. The molecule has 54 valence electrons. The predicted octanol–water partition coefficient (Wildman–Crippen LogP) is 0.0108. The normalized spacial score (nSPS) is 9.70. The van der Waals surface area contributed by atoms with Gasteiger partial charge in [-0.3, -0.25) is 4.79 Å². The van der Waals surface area contributed by atoms with Gasteiger partial charge in [-0.1, -0.05) is 5.16 Å². The van der Waals surface area contributed by atoms with Crippen LogP contribution in [-0.4, -0.2) is 11.1 Å². The number of nitrogens with zero attached hydrogens (tertiary/aromatic N) is 1. The summed E-state index contributed by atoms with van der Waals surface area (Å²) >= 11 is 0. The van der Waals surface area contributed by atoms with Gasteiger partial charge in [0.25, 0.3) is 0 Å². The fourth-order valence-corrected chi connectivity index (χ4v) is 0.646. The highest BCUT2D eigenvalue weighted by molar-refractivity contribution is 5.76. The Morgan fingerprint density at radius 3 is 3.00 bits per heavy atom. The number of carbonyl (C=O) groups excluding carboxylic acids is 1. The summed E-state index contributed by atoms with van der Waals surface area (Å²) in [5.41, 5.74) is 6.41. The first-order chi connectivity index (χ1) is 4.70. The summed E-state index contributed by atoms with van der Waals surface area (Å²) in [5, 5.41) is 3.58. The fraction of sp³-hybridized carbons (Fsp3) is 0.333. The second-order valence-electron chi connectivity index (χ2n) is 2.09. The largest absolute Gasteiger partial charge is 0.369 e. The number of rotatable bonds is 2. The average molecular weight is 140 g/mol. The van der Waals surface area contributed by atoms with Crippen LogP contribution in [0.3, 0.4) is 0 Å². The van der Waals surface area contributed by atoms with E-state index < -0.39 is 5.91 Å². The van der Waals surface area contributed by atoms with E-state index in [2.05, 4.69) is 9.68 Å². The number of aromatic nitrogens is 1. The van der Waals surface area contributed by atoms with E-state index >= 15 is 0 Å². The van der Waals surface area contributed by atoms with Crippen LogP contribution in [0.1, 0.15) is 11.3 Å². The minimum Gasteiger partial charge on any atom is -0.369 e. The molecule has 0 aromatic carbocycles. The zero-order valence-corrected chi connectivity index (χ0v) is 5.63. The van der Waals surface area contributed by atoms with Crippen LogP contribution in [0, 0.1) is 6.92 Å². The maximum absolute atomic E-state index is 10.4. The molecule has 0 saturated carbocycles. The van der Waals surface area contributed by atoms with E-state index in [1.54, 1.807) is 0 Å². The first-order valence-electron chi connectivity index (χ1n) is 2.88. The summed E-state index contributed by atoms with van der Waals surface area (Å²) in [6.45, 7) is 1.81. The molecule has 0 unspecified atom stereocenters. The maximum Gasteiger partial charge on any atom is 0.223 e. The molecule has 4 nitrogen and oxygen atoms in total. The topological polar surface area (TPSA) is 69.1 Å². The van der Waals surface area contributed by atoms with E-state index in [1.807, 2.05) is 6.92 Å². The summed E-state index contributed by atoms with van der Waals surface area (Å²) in [4.78, 5) is 10.4. The molecule has 1 heterocycles. The Labute approximate surface area is 58.0 Å². The molecule has 0 aliphatic rings. The Kier molecular flexibility index (Phi) is 1.71. The van der Waals surface area contributed by atoms with Gasteiger partial charge in [-0.05, 0) is 6.92 Å². The lowest BCUT2D eigenvalue weighted by Gasteiger charge is -1.88. The fourth-order valence-electron chi connectivity index (χ4n) is 0.646. The van der Waals surface area contributed by atoms with Crippen molar-refractivity contribution in [2.75, 3.05) is 0 Å². The van der Waals surface area contributed by atoms with Crippen molar-refractivity contribution in [2.45, 2.75) is 13.3 Å². The van der Waals surface area contributed by atoms with Crippen molar-refractivity contribution >= 4 is 5.91 Å². The molecular formula is C6H8N2O2. The molecule has 0 bridgehead atoms. The standard InChI is InChI=1S/C6H8N2O2/c1-4-3-10-8-5(4)2-6(7)9/h3H,2H2,1H3,(H2,7,9). The molecule has 0 aliphatic heterocycles. The molecule has 1 aromatic rings. The van der Waals surface area contributed by atoms with Crippen LogP contribution in [-0.2, 0) is 11.2 Å². The van der Waals surface area contributed by atoms with Crippen molar-refractivity contribution in [1.82, 2.24) is 5.16 Å². The number of carbonyl (C=O) groups is 1. The van der Waals surface area contributed by atoms with Crippen molar-refractivity contribution in [2.24, 2.45) is 5.73 Å². The molecule has 0 spiro atoms. The predicted molar refractivity (Wildman–Crippen MR) is 34.1 cm³/mol. The van der Waals surface area contributed by atoms with Crippen LogP contribution in [0.25, 0.3) is 0 Å². The molecule has 1 amide bonds. The SMILES string of the molecule is Cc1conc1CC(N)=O. The lowest BCUT2D eigenvalue weighted by atomic mass is 10.2. The van der Waals surface area contributed by atoms with E-state index in [4.69, 9.17) is 5.73 Å². The lowest BCUT2D eigenvalue weighted by Crippen LogP contribution is -2.14. The highest BCUT2D eigenvalue weighted by Gasteiger charge is 2.05. The first kappa shape index (κ1) is 6.80. The van der Waals surface area contributed by atoms with E-state index in [-0.39, 0.29) is 6.42 Å². The molecule has 1 aromatic heterocycles. The summed E-state index contributed by atoms with van der Waals surface area (Å²) < 4.78 is 4.59. The Morgan fingerprint density at radius 2 is 2.60 bits per heavy atom. The van der Waals surface area contributed by atoms with E-state index in [1.165, 1.54) is 6.26 Å². The minimum atomic E-state index is -0.392. The van der Waals surface area contributed by atoms with Crippen LogP contribution in [0.2, 0.25) is 0 Å². The van der Waals surface area contributed by atoms with Gasteiger partial charge in [0.2, 0.25) is 5.91 Å². The molecule has 0 atom stereocenters. The second-order valence-corrected chi connectivity index (χ2v) is 2.09. The van der Waals surface area contributed by atoms with Gasteiger partial charge in [0.1, 0.15) is 6.26 Å². The number of primary amides is 1. The zero-order chi connectivity index (χ0) is 7.56. The van der Waals surface area contributed by atoms with Crippen LogP contribution in [0.15, 0.2) is 10.8 Å². The Balaban J connectivity index is 2.74. The molecule has 4 heteroatoms. The summed E-state index contributed by atoms with van der Waals surface area (Å²) in [7, 11) is 0. The van der Waals surface area contributed by atoms with Crippen molar-refractivity contribution in [3.8, 4) is 0 Å². The lowest BCUT2D eigenvalue weighted by molar-refractivity contribution is -0.117. The molecule has 2 N–H and O–H groups in total. The number of aryl methyl sites for hydroxylation is 1. The van der Waals surface area contributed by atoms with Crippen LogP contribution >= 0.6 is 0 Å². The molecule has 0 fully saturated rings. The smallest absolute Gasteiger partial charge is 0.223 e. The quantitative estimate of drug-likeness (QED) is 0.629. The van der Waals surface area contributed by atoms with Crippen LogP contribution < -0.4 is 5.73 Å². The third-order valence-electron chi connectivity index (χ3n) is 1.19. The number of amides is 1. The summed E-state index contributed by atoms with van der Waals surface area (Å²) in [6, 6.07) is 0. The maximum atomic E-state index is 10.4. The van der Waals surface area contributed by atoms with Gasteiger partial charge in [-0.25, -0.2) is 0 Å². The summed E-state index contributed by atoms with van der Waals surface area (Å²) in [6.07, 6.45) is 1.64. The van der Waals surface area contributed by atoms with Crippen molar-refractivity contribution in [3.05, 3.63) is 17.5 Å². The molecule has 0 radical (unpaired) electrons. The molecule has 0 aliphatic carbocycles. The van der Waals surface area contributed by atoms with E-state index in [0.29, 0.717) is 5.69 Å². The zero-order valence-electron chi connectivity index (χ0n) is 5.63. The molecule has 1 rings (SSSR count). The van der Waals surface area contributed by atoms with Gasteiger partial charge in [0, 0.05) is 5.56 Å². The number of hydrogen-bond donors (Lipinski definition) is 1. The van der Waals surface area contributed by atoms with Gasteiger partial charge in [-0.2, -0.15) is 0 Å². The van der Waals surface area contributed by atoms with Crippen molar-refractivity contribution in [3.63, 3.8) is 0 Å². The molecule has 0 saturated heterocycles. The van der Waals surface area contributed by atoms with Crippen LogP contribution in [0.5, 0.6) is 0 Å². The van der Waals surface area contributed by atoms with Crippen molar-refractivity contribution < 1.29 is 9.32 Å². The Hall–Kier alpha value is -1.32. The monoisotopic (exact) mass is 140 g/mol. The Bertz CT molecular complexity index is 242. The third kappa shape index (κ3) is 1.34. The van der Waals surface area contributed by atoms with Gasteiger partial charge in [0.05, 0.1) is 12.1 Å². The first-order valence-corrected chi connectivity index (χ1v) is 2.88. The van der Waals surface area contributed by atoms with Gasteiger partial charge >= 0.3 is 0 Å². The highest BCUT2D eigenvalue weighted by Crippen LogP contribution is 2.03. The van der Waals surface area contributed by atoms with Gasteiger partial charge in [0.15, 0.2) is 0 Å².